The summed E-state index contributed by atoms with van der Waals surface area (Å²) >= 11 is 0. The number of aryl methyl sites for hydroxylation is 1. The third kappa shape index (κ3) is 2.96. The summed E-state index contributed by atoms with van der Waals surface area (Å²) in [5.41, 5.74) is 0.967. The van der Waals surface area contributed by atoms with E-state index in [1.54, 1.807) is 24.3 Å². The largest absolute Gasteiger partial charge is 0.369 e. The van der Waals surface area contributed by atoms with E-state index in [-0.39, 0.29) is 5.91 Å². The molecule has 3 nitrogen and oxygen atoms in total. The van der Waals surface area contributed by atoms with E-state index < -0.39 is 5.60 Å². The van der Waals surface area contributed by atoms with E-state index in [4.69, 9.17) is 6.42 Å². The lowest BCUT2D eigenvalue weighted by Gasteiger charge is -2.26. The van der Waals surface area contributed by atoms with Crippen molar-refractivity contribution in [2.24, 2.45) is 0 Å². The van der Waals surface area contributed by atoms with Crippen molar-refractivity contribution < 1.29 is 9.90 Å². The Morgan fingerprint density at radius 2 is 1.90 bits per heavy atom. The molecule has 0 radical (unpaired) electrons. The van der Waals surface area contributed by atoms with Crippen LogP contribution >= 0.6 is 0 Å². The molecule has 2 N–H and O–H groups in total. The maximum atomic E-state index is 11.4. The third-order valence-corrected chi connectivity index (χ3v) is 3.28. The normalized spacial score (nSPS) is 13.0. The Labute approximate surface area is 124 Å². The molecular formula is C18H17NO2. The van der Waals surface area contributed by atoms with Crippen LogP contribution in [0.25, 0.3) is 0 Å². The van der Waals surface area contributed by atoms with Gasteiger partial charge in [0, 0.05) is 23.7 Å². The van der Waals surface area contributed by atoms with Crippen molar-refractivity contribution in [3.8, 4) is 12.3 Å². The van der Waals surface area contributed by atoms with Crippen molar-refractivity contribution in [3.05, 3.63) is 65.2 Å². The van der Waals surface area contributed by atoms with E-state index in [1.807, 2.05) is 31.2 Å². The van der Waals surface area contributed by atoms with Crippen LogP contribution in [0, 0.1) is 19.3 Å². The molecule has 1 amide bonds. The van der Waals surface area contributed by atoms with E-state index >= 15 is 0 Å². The fraction of sp³-hybridized carbons (Fsp3) is 0.167. The molecule has 0 spiro atoms. The first-order valence-corrected chi connectivity index (χ1v) is 6.62. The molecule has 0 bridgehead atoms. The van der Waals surface area contributed by atoms with Gasteiger partial charge in [0.25, 0.3) is 0 Å². The van der Waals surface area contributed by atoms with Gasteiger partial charge in [0.2, 0.25) is 5.91 Å². The number of nitrogens with one attached hydrogen (secondary N) is 1. The van der Waals surface area contributed by atoms with Gasteiger partial charge in [0.15, 0.2) is 5.60 Å². The van der Waals surface area contributed by atoms with Crippen LogP contribution in [0.15, 0.2) is 48.5 Å². The van der Waals surface area contributed by atoms with Crippen LogP contribution in [0.1, 0.15) is 23.6 Å². The average molecular weight is 279 g/mol. The Morgan fingerprint density at radius 3 is 2.48 bits per heavy atom. The van der Waals surface area contributed by atoms with Crippen molar-refractivity contribution in [3.63, 3.8) is 0 Å². The molecule has 1 unspecified atom stereocenters. The number of benzene rings is 2. The highest BCUT2D eigenvalue weighted by molar-refractivity contribution is 5.90. The van der Waals surface area contributed by atoms with Crippen molar-refractivity contribution in [2.45, 2.75) is 19.4 Å². The van der Waals surface area contributed by atoms with E-state index in [0.717, 1.165) is 5.56 Å². The molecule has 0 saturated carbocycles. The number of amides is 1. The van der Waals surface area contributed by atoms with Crippen LogP contribution < -0.4 is 5.32 Å². The van der Waals surface area contributed by atoms with Gasteiger partial charge in [0.1, 0.15) is 0 Å². The summed E-state index contributed by atoms with van der Waals surface area (Å²) in [6.07, 6.45) is 5.60. The van der Waals surface area contributed by atoms with E-state index in [0.29, 0.717) is 16.8 Å². The predicted octanol–water partition coefficient (Wildman–Crippen LogP) is 2.82. The zero-order valence-electron chi connectivity index (χ0n) is 12.1. The number of rotatable bonds is 3. The van der Waals surface area contributed by atoms with Crippen LogP contribution in [0.4, 0.5) is 5.69 Å². The molecule has 3 heteroatoms. The molecule has 2 rings (SSSR count). The first-order chi connectivity index (χ1) is 9.97. The molecule has 0 saturated heterocycles. The summed E-state index contributed by atoms with van der Waals surface area (Å²) in [6, 6.07) is 14.4. The predicted molar refractivity (Wildman–Crippen MR) is 83.8 cm³/mol. The van der Waals surface area contributed by atoms with Crippen molar-refractivity contribution in [2.75, 3.05) is 5.32 Å². The Hall–Kier alpha value is -2.57. The van der Waals surface area contributed by atoms with Gasteiger partial charge >= 0.3 is 0 Å². The first kappa shape index (κ1) is 14.8. The smallest absolute Gasteiger partial charge is 0.221 e. The highest BCUT2D eigenvalue weighted by Gasteiger charge is 2.31. The lowest BCUT2D eigenvalue weighted by molar-refractivity contribution is -0.114. The zero-order chi connectivity index (χ0) is 15.5. The molecule has 1 atom stereocenters. The second-order valence-corrected chi connectivity index (χ2v) is 4.95. The van der Waals surface area contributed by atoms with E-state index in [1.165, 1.54) is 6.92 Å². The number of hydrogen-bond donors (Lipinski definition) is 2. The van der Waals surface area contributed by atoms with Gasteiger partial charge in [-0.15, -0.1) is 6.42 Å². The molecular weight excluding hydrogens is 262 g/mol. The molecule has 0 heterocycles. The van der Waals surface area contributed by atoms with Crippen LogP contribution in [-0.4, -0.2) is 11.0 Å². The molecule has 106 valence electrons. The van der Waals surface area contributed by atoms with Crippen molar-refractivity contribution in [1.29, 1.82) is 0 Å². The average Bonchev–Trinajstić information content (AvgIpc) is 2.47. The van der Waals surface area contributed by atoms with Gasteiger partial charge in [-0.05, 0) is 18.6 Å². The molecule has 0 fully saturated rings. The Kier molecular flexibility index (Phi) is 4.11. The topological polar surface area (TPSA) is 49.3 Å². The lowest BCUT2D eigenvalue weighted by Crippen LogP contribution is -2.27. The van der Waals surface area contributed by atoms with Gasteiger partial charge in [-0.1, -0.05) is 48.4 Å². The zero-order valence-corrected chi connectivity index (χ0v) is 12.1. The fourth-order valence-corrected chi connectivity index (χ4v) is 2.26. The summed E-state index contributed by atoms with van der Waals surface area (Å²) in [5.74, 6) is 2.23. The third-order valence-electron chi connectivity index (χ3n) is 3.28. The van der Waals surface area contributed by atoms with Gasteiger partial charge in [-0.3, -0.25) is 4.79 Å². The van der Waals surface area contributed by atoms with E-state index in [2.05, 4.69) is 11.2 Å². The standard InChI is InChI=1S/C18H17NO2/c1-4-18(21,15-8-6-5-7-9-15)16-11-10-13(2)12-17(16)19-14(3)20/h1,5-12,21H,2-3H3,(H,19,20). The number of carbonyl (C=O) groups is 1. The second kappa shape index (κ2) is 5.82. The number of anilines is 1. The Bertz CT molecular complexity index is 701. The van der Waals surface area contributed by atoms with Gasteiger partial charge in [0.05, 0.1) is 0 Å². The molecule has 0 aromatic heterocycles. The van der Waals surface area contributed by atoms with Gasteiger partial charge in [-0.2, -0.15) is 0 Å². The van der Waals surface area contributed by atoms with Crippen LogP contribution in [0.3, 0.4) is 0 Å². The summed E-state index contributed by atoms with van der Waals surface area (Å²) in [4.78, 5) is 11.4. The highest BCUT2D eigenvalue weighted by Crippen LogP contribution is 2.34. The first-order valence-electron chi connectivity index (χ1n) is 6.62. The molecule has 0 aliphatic carbocycles. The molecule has 21 heavy (non-hydrogen) atoms. The summed E-state index contributed by atoms with van der Waals surface area (Å²) in [6.45, 7) is 3.33. The SMILES string of the molecule is C#CC(O)(c1ccccc1)c1ccc(C)cc1NC(C)=O. The monoisotopic (exact) mass is 279 g/mol. The quantitative estimate of drug-likeness (QED) is 0.849. The number of aliphatic hydroxyl groups is 1. The van der Waals surface area contributed by atoms with Crippen LogP contribution in [-0.2, 0) is 10.4 Å². The van der Waals surface area contributed by atoms with Gasteiger partial charge < -0.3 is 10.4 Å². The minimum atomic E-state index is -1.59. The molecule has 2 aromatic carbocycles. The second-order valence-electron chi connectivity index (χ2n) is 4.95. The highest BCUT2D eigenvalue weighted by atomic mass is 16.3. The van der Waals surface area contributed by atoms with Gasteiger partial charge in [-0.25, -0.2) is 0 Å². The number of hydrogen-bond acceptors (Lipinski definition) is 2. The molecule has 0 aliphatic rings. The fourth-order valence-electron chi connectivity index (χ4n) is 2.26. The minimum absolute atomic E-state index is 0.214. The lowest BCUT2D eigenvalue weighted by atomic mass is 9.85. The van der Waals surface area contributed by atoms with Crippen molar-refractivity contribution >= 4 is 11.6 Å². The maximum Gasteiger partial charge on any atom is 0.221 e. The van der Waals surface area contributed by atoms with E-state index in [9.17, 15) is 9.90 Å². The Balaban J connectivity index is 2.63. The van der Waals surface area contributed by atoms with Crippen molar-refractivity contribution in [1.82, 2.24) is 0 Å². The summed E-state index contributed by atoms with van der Waals surface area (Å²) in [7, 11) is 0. The van der Waals surface area contributed by atoms with Crippen LogP contribution in [0.2, 0.25) is 0 Å². The number of carbonyl (C=O) groups excluding carboxylic acids is 1. The number of terminal acetylenes is 1. The molecule has 0 aliphatic heterocycles. The van der Waals surface area contributed by atoms with Crippen LogP contribution in [0.5, 0.6) is 0 Å². The minimum Gasteiger partial charge on any atom is -0.369 e. The maximum absolute atomic E-state index is 11.4. The summed E-state index contributed by atoms with van der Waals surface area (Å²) < 4.78 is 0. The Morgan fingerprint density at radius 1 is 1.24 bits per heavy atom. The summed E-state index contributed by atoms with van der Waals surface area (Å²) in [5, 5.41) is 13.7. The molecule has 2 aromatic rings.